The molecule has 0 aliphatic carbocycles. The van der Waals surface area contributed by atoms with Gasteiger partial charge in [-0.15, -0.1) is 12.4 Å². The van der Waals surface area contributed by atoms with Crippen LogP contribution < -0.4 is 4.74 Å². The average Bonchev–Trinajstić information content (AvgIpc) is 3.38. The maximum atomic E-state index is 12.8. The SMILES string of the molecule is CCN(Cc1ccccc1)C(=O)CCc1nc(CN2CCN(C(=O)c3ccc(OC)cc3)CC2)no1.Cl. The van der Waals surface area contributed by atoms with E-state index in [1.165, 1.54) is 0 Å². The van der Waals surface area contributed by atoms with Gasteiger partial charge in [-0.1, -0.05) is 35.5 Å². The highest BCUT2D eigenvalue weighted by Crippen LogP contribution is 2.15. The molecule has 1 aromatic heterocycles. The zero-order valence-electron chi connectivity index (χ0n) is 21.3. The number of carbonyl (C=O) groups excluding carboxylic acids is 2. The van der Waals surface area contributed by atoms with Crippen LogP contribution in [0.25, 0.3) is 0 Å². The fraction of sp³-hybridized carbons (Fsp3) is 0.407. The Hall–Kier alpha value is -3.43. The van der Waals surface area contributed by atoms with E-state index in [1.807, 2.05) is 47.1 Å². The van der Waals surface area contributed by atoms with Crippen molar-refractivity contribution in [3.05, 3.63) is 77.4 Å². The Balaban J connectivity index is 0.00000380. The lowest BCUT2D eigenvalue weighted by Crippen LogP contribution is -2.48. The molecule has 0 N–H and O–H groups in total. The lowest BCUT2D eigenvalue weighted by Gasteiger charge is -2.34. The predicted molar refractivity (Wildman–Crippen MR) is 142 cm³/mol. The highest BCUT2D eigenvalue weighted by molar-refractivity contribution is 5.94. The molecule has 37 heavy (non-hydrogen) atoms. The molecule has 1 saturated heterocycles. The molecule has 0 bridgehead atoms. The van der Waals surface area contributed by atoms with Gasteiger partial charge in [0.25, 0.3) is 5.91 Å². The molecule has 0 saturated carbocycles. The lowest BCUT2D eigenvalue weighted by molar-refractivity contribution is -0.131. The van der Waals surface area contributed by atoms with E-state index in [0.29, 0.717) is 62.8 Å². The molecular weight excluding hydrogens is 494 g/mol. The highest BCUT2D eigenvalue weighted by Gasteiger charge is 2.23. The summed E-state index contributed by atoms with van der Waals surface area (Å²) in [6, 6.07) is 17.2. The van der Waals surface area contributed by atoms with Crippen LogP contribution in [-0.4, -0.2) is 76.5 Å². The quantitative estimate of drug-likeness (QED) is 0.399. The lowest BCUT2D eigenvalue weighted by atomic mass is 10.1. The van der Waals surface area contributed by atoms with Crippen molar-refractivity contribution >= 4 is 24.2 Å². The van der Waals surface area contributed by atoms with Crippen LogP contribution in [0.3, 0.4) is 0 Å². The van der Waals surface area contributed by atoms with Gasteiger partial charge in [0.05, 0.1) is 13.7 Å². The summed E-state index contributed by atoms with van der Waals surface area (Å²) in [4.78, 5) is 35.8. The number of carbonyl (C=O) groups is 2. The first kappa shape index (κ1) is 28.1. The Labute approximate surface area is 223 Å². The molecule has 198 valence electrons. The van der Waals surface area contributed by atoms with Gasteiger partial charge in [0.2, 0.25) is 11.8 Å². The van der Waals surface area contributed by atoms with E-state index in [4.69, 9.17) is 9.26 Å². The minimum atomic E-state index is 0. The van der Waals surface area contributed by atoms with Gasteiger partial charge in [0, 0.05) is 57.7 Å². The molecule has 0 atom stereocenters. The van der Waals surface area contributed by atoms with Crippen LogP contribution in [0.5, 0.6) is 5.75 Å². The van der Waals surface area contributed by atoms with Crippen molar-refractivity contribution in [2.45, 2.75) is 32.9 Å². The van der Waals surface area contributed by atoms with Crippen LogP contribution in [-0.2, 0) is 24.3 Å². The van der Waals surface area contributed by atoms with E-state index in [-0.39, 0.29) is 24.2 Å². The molecule has 4 rings (SSSR count). The van der Waals surface area contributed by atoms with Crippen LogP contribution in [0.1, 0.15) is 41.0 Å². The molecule has 10 heteroatoms. The summed E-state index contributed by atoms with van der Waals surface area (Å²) in [5.41, 5.74) is 1.77. The zero-order chi connectivity index (χ0) is 25.3. The maximum absolute atomic E-state index is 12.8. The largest absolute Gasteiger partial charge is 0.497 e. The smallest absolute Gasteiger partial charge is 0.253 e. The van der Waals surface area contributed by atoms with E-state index in [9.17, 15) is 9.59 Å². The predicted octanol–water partition coefficient (Wildman–Crippen LogP) is 3.44. The molecule has 1 fully saturated rings. The number of ether oxygens (including phenoxy) is 1. The number of nitrogens with zero attached hydrogens (tertiary/aromatic N) is 5. The number of rotatable bonds is 10. The summed E-state index contributed by atoms with van der Waals surface area (Å²) in [6.45, 7) is 6.52. The maximum Gasteiger partial charge on any atom is 0.253 e. The van der Waals surface area contributed by atoms with Crippen molar-refractivity contribution in [2.24, 2.45) is 0 Å². The van der Waals surface area contributed by atoms with Gasteiger partial charge in [-0.25, -0.2) is 0 Å². The molecule has 9 nitrogen and oxygen atoms in total. The molecule has 0 spiro atoms. The number of benzene rings is 2. The number of halogens is 1. The van der Waals surface area contributed by atoms with Gasteiger partial charge in [-0.3, -0.25) is 14.5 Å². The monoisotopic (exact) mass is 527 g/mol. The summed E-state index contributed by atoms with van der Waals surface area (Å²) in [5.74, 6) is 1.90. The molecular formula is C27H34ClN5O4. The van der Waals surface area contributed by atoms with E-state index < -0.39 is 0 Å². The van der Waals surface area contributed by atoms with E-state index in [0.717, 1.165) is 24.4 Å². The van der Waals surface area contributed by atoms with Gasteiger partial charge >= 0.3 is 0 Å². The van der Waals surface area contributed by atoms with Crippen molar-refractivity contribution in [1.29, 1.82) is 0 Å². The van der Waals surface area contributed by atoms with Crippen LogP contribution in [0, 0.1) is 0 Å². The fourth-order valence-electron chi connectivity index (χ4n) is 4.23. The van der Waals surface area contributed by atoms with Crippen LogP contribution in [0.15, 0.2) is 59.1 Å². The standard InChI is InChI=1S/C27H33N5O4.ClH/c1-3-31(19-21-7-5-4-6-8-21)26(33)14-13-25-28-24(29-36-25)20-30-15-17-32(18-16-30)27(34)22-9-11-23(35-2)12-10-22;/h4-12H,3,13-20H2,1-2H3;1H. The number of hydrogen-bond acceptors (Lipinski definition) is 7. The third-order valence-electron chi connectivity index (χ3n) is 6.38. The van der Waals surface area contributed by atoms with Crippen LogP contribution in [0.4, 0.5) is 0 Å². The minimum absolute atomic E-state index is 0. The van der Waals surface area contributed by atoms with Crippen LogP contribution in [0.2, 0.25) is 0 Å². The van der Waals surface area contributed by atoms with Crippen molar-refractivity contribution in [2.75, 3.05) is 39.8 Å². The van der Waals surface area contributed by atoms with Gasteiger partial charge in [0.15, 0.2) is 5.82 Å². The number of aromatic nitrogens is 2. The Morgan fingerprint density at radius 2 is 1.73 bits per heavy atom. The van der Waals surface area contributed by atoms with Crippen molar-refractivity contribution < 1.29 is 18.8 Å². The zero-order valence-corrected chi connectivity index (χ0v) is 22.2. The molecule has 1 aliphatic heterocycles. The summed E-state index contributed by atoms with van der Waals surface area (Å²) >= 11 is 0. The highest BCUT2D eigenvalue weighted by atomic mass is 35.5. The van der Waals surface area contributed by atoms with Crippen molar-refractivity contribution in [1.82, 2.24) is 24.8 Å². The first-order valence-corrected chi connectivity index (χ1v) is 12.3. The Kier molecular flexibility index (Phi) is 10.5. The molecule has 1 aliphatic rings. The summed E-state index contributed by atoms with van der Waals surface area (Å²) in [5, 5.41) is 4.09. The normalized spacial score (nSPS) is 13.6. The number of piperazine rings is 1. The van der Waals surface area contributed by atoms with E-state index in [1.54, 1.807) is 31.4 Å². The first-order valence-electron chi connectivity index (χ1n) is 12.3. The number of methoxy groups -OCH3 is 1. The van der Waals surface area contributed by atoms with Crippen molar-refractivity contribution in [3.63, 3.8) is 0 Å². The second kappa shape index (κ2) is 13.8. The van der Waals surface area contributed by atoms with Crippen LogP contribution >= 0.6 is 12.4 Å². The third-order valence-corrected chi connectivity index (χ3v) is 6.38. The topological polar surface area (TPSA) is 92.0 Å². The average molecular weight is 528 g/mol. The summed E-state index contributed by atoms with van der Waals surface area (Å²) < 4.78 is 10.6. The first-order chi connectivity index (χ1) is 17.6. The molecule has 2 aromatic carbocycles. The Morgan fingerprint density at radius 1 is 1.03 bits per heavy atom. The molecule has 0 radical (unpaired) electrons. The third kappa shape index (κ3) is 7.77. The molecule has 2 heterocycles. The van der Waals surface area contributed by atoms with E-state index in [2.05, 4.69) is 15.0 Å². The molecule has 0 unspecified atom stereocenters. The Bertz CT molecular complexity index is 1130. The number of amides is 2. The van der Waals surface area contributed by atoms with Crippen molar-refractivity contribution in [3.8, 4) is 5.75 Å². The van der Waals surface area contributed by atoms with Gasteiger partial charge < -0.3 is 19.1 Å². The van der Waals surface area contributed by atoms with Gasteiger partial charge in [-0.2, -0.15) is 4.98 Å². The number of hydrogen-bond donors (Lipinski definition) is 0. The second-order valence-corrected chi connectivity index (χ2v) is 8.79. The summed E-state index contributed by atoms with van der Waals surface area (Å²) in [6.07, 6.45) is 0.746. The Morgan fingerprint density at radius 3 is 2.38 bits per heavy atom. The summed E-state index contributed by atoms with van der Waals surface area (Å²) in [7, 11) is 1.61. The number of aryl methyl sites for hydroxylation is 1. The van der Waals surface area contributed by atoms with Gasteiger partial charge in [-0.05, 0) is 36.8 Å². The fourth-order valence-corrected chi connectivity index (χ4v) is 4.23. The van der Waals surface area contributed by atoms with E-state index >= 15 is 0 Å². The minimum Gasteiger partial charge on any atom is -0.497 e. The molecule has 3 aromatic rings. The second-order valence-electron chi connectivity index (χ2n) is 8.79. The van der Waals surface area contributed by atoms with Gasteiger partial charge in [0.1, 0.15) is 5.75 Å². The molecule has 2 amide bonds.